The zero-order valence-electron chi connectivity index (χ0n) is 9.29. The summed E-state index contributed by atoms with van der Waals surface area (Å²) < 4.78 is 0. The van der Waals surface area contributed by atoms with Gasteiger partial charge in [-0.05, 0) is 25.0 Å². The molecule has 16 heavy (non-hydrogen) atoms. The first-order valence-corrected chi connectivity index (χ1v) is 5.40. The highest BCUT2D eigenvalue weighted by molar-refractivity contribution is 5.78. The van der Waals surface area contributed by atoms with Crippen LogP contribution in [-0.2, 0) is 4.79 Å². The van der Waals surface area contributed by atoms with Crippen molar-refractivity contribution in [2.75, 3.05) is 17.6 Å². The Morgan fingerprint density at radius 1 is 1.69 bits per heavy atom. The zero-order valence-corrected chi connectivity index (χ0v) is 9.29. The van der Waals surface area contributed by atoms with E-state index in [9.17, 15) is 4.79 Å². The van der Waals surface area contributed by atoms with Crippen LogP contribution in [0, 0.1) is 6.92 Å². The van der Waals surface area contributed by atoms with Crippen LogP contribution in [0.3, 0.4) is 0 Å². The van der Waals surface area contributed by atoms with Crippen molar-refractivity contribution in [3.63, 3.8) is 0 Å². The minimum absolute atomic E-state index is 0.122. The molecule has 1 aliphatic rings. The topological polar surface area (TPSA) is 80.0 Å². The maximum absolute atomic E-state index is 11.0. The second kappa shape index (κ2) is 4.38. The third kappa shape index (κ3) is 2.42. The number of pyridine rings is 1. The van der Waals surface area contributed by atoms with Crippen molar-refractivity contribution in [1.29, 1.82) is 0 Å². The predicted molar refractivity (Wildman–Crippen MR) is 63.0 cm³/mol. The molecule has 1 saturated heterocycles. The number of hydrogen-bond acceptors (Lipinski definition) is 4. The molecule has 1 aromatic heterocycles. The number of carbonyl (C=O) groups is 1. The van der Waals surface area contributed by atoms with Crippen LogP contribution in [0.15, 0.2) is 12.3 Å². The Balaban J connectivity index is 1.92. The lowest BCUT2D eigenvalue weighted by Gasteiger charge is -2.13. The van der Waals surface area contributed by atoms with Crippen LogP contribution in [0.4, 0.5) is 11.5 Å². The maximum atomic E-state index is 11.0. The van der Waals surface area contributed by atoms with Crippen LogP contribution in [0.1, 0.15) is 18.4 Å². The fourth-order valence-corrected chi connectivity index (χ4v) is 1.79. The lowest BCUT2D eigenvalue weighted by Crippen LogP contribution is -2.32. The molecule has 2 rings (SSSR count). The second-order valence-corrected chi connectivity index (χ2v) is 4.13. The number of aromatic nitrogens is 1. The number of anilines is 2. The number of nitrogens with two attached hydrogens (primary N) is 1. The van der Waals surface area contributed by atoms with Gasteiger partial charge in [-0.25, -0.2) is 4.98 Å². The molecule has 0 radical (unpaired) electrons. The van der Waals surface area contributed by atoms with Crippen molar-refractivity contribution in [2.24, 2.45) is 0 Å². The van der Waals surface area contributed by atoms with Gasteiger partial charge in [0.1, 0.15) is 5.82 Å². The zero-order chi connectivity index (χ0) is 11.5. The molecular weight excluding hydrogens is 204 g/mol. The van der Waals surface area contributed by atoms with Crippen molar-refractivity contribution < 1.29 is 4.79 Å². The summed E-state index contributed by atoms with van der Waals surface area (Å²) in [5.74, 6) is 0.809. The van der Waals surface area contributed by atoms with E-state index in [1.54, 1.807) is 6.20 Å². The van der Waals surface area contributed by atoms with Crippen LogP contribution in [-0.4, -0.2) is 23.5 Å². The van der Waals surface area contributed by atoms with E-state index in [2.05, 4.69) is 15.6 Å². The van der Waals surface area contributed by atoms with Crippen LogP contribution < -0.4 is 16.4 Å². The van der Waals surface area contributed by atoms with E-state index in [4.69, 9.17) is 5.73 Å². The standard InChI is InChI=1S/C11H16N4O/c1-7-4-9(12)11(13-5-7)14-6-8-2-3-10(16)15-8/h4-5,8H,2-3,6,12H2,1H3,(H,13,14)(H,15,16). The van der Waals surface area contributed by atoms with E-state index in [1.807, 2.05) is 13.0 Å². The smallest absolute Gasteiger partial charge is 0.220 e. The van der Waals surface area contributed by atoms with E-state index < -0.39 is 0 Å². The molecule has 1 aliphatic heterocycles. The molecule has 1 fully saturated rings. The summed E-state index contributed by atoms with van der Waals surface area (Å²) in [6, 6.07) is 2.07. The van der Waals surface area contributed by atoms with Gasteiger partial charge < -0.3 is 16.4 Å². The van der Waals surface area contributed by atoms with Gasteiger partial charge in [0.15, 0.2) is 0 Å². The lowest BCUT2D eigenvalue weighted by atomic mass is 10.2. The number of rotatable bonds is 3. The summed E-state index contributed by atoms with van der Waals surface area (Å²) in [5.41, 5.74) is 7.50. The molecule has 1 unspecified atom stereocenters. The monoisotopic (exact) mass is 220 g/mol. The summed E-state index contributed by atoms with van der Waals surface area (Å²) >= 11 is 0. The normalized spacial score (nSPS) is 19.6. The molecule has 5 heteroatoms. The molecule has 2 heterocycles. The van der Waals surface area contributed by atoms with E-state index in [0.29, 0.717) is 24.5 Å². The van der Waals surface area contributed by atoms with Crippen molar-refractivity contribution in [3.05, 3.63) is 17.8 Å². The van der Waals surface area contributed by atoms with Crippen molar-refractivity contribution >= 4 is 17.4 Å². The molecule has 0 aromatic carbocycles. The minimum Gasteiger partial charge on any atom is -0.396 e. The number of hydrogen-bond donors (Lipinski definition) is 3. The second-order valence-electron chi connectivity index (χ2n) is 4.13. The molecule has 1 amide bonds. The SMILES string of the molecule is Cc1cnc(NCC2CCC(=O)N2)c(N)c1. The van der Waals surface area contributed by atoms with Gasteiger partial charge in [0.25, 0.3) is 0 Å². The Kier molecular flexibility index (Phi) is 2.94. The van der Waals surface area contributed by atoms with Gasteiger partial charge >= 0.3 is 0 Å². The van der Waals surface area contributed by atoms with Gasteiger partial charge in [-0.3, -0.25) is 4.79 Å². The summed E-state index contributed by atoms with van der Waals surface area (Å²) in [7, 11) is 0. The first kappa shape index (κ1) is 10.7. The largest absolute Gasteiger partial charge is 0.396 e. The van der Waals surface area contributed by atoms with E-state index >= 15 is 0 Å². The Morgan fingerprint density at radius 3 is 3.12 bits per heavy atom. The first-order chi connectivity index (χ1) is 7.65. The van der Waals surface area contributed by atoms with Gasteiger partial charge in [0.05, 0.1) is 5.69 Å². The Labute approximate surface area is 94.4 Å². The van der Waals surface area contributed by atoms with Gasteiger partial charge in [-0.15, -0.1) is 0 Å². The fraction of sp³-hybridized carbons (Fsp3) is 0.455. The van der Waals surface area contributed by atoms with Gasteiger partial charge in [0, 0.05) is 25.2 Å². The average Bonchev–Trinajstić information content (AvgIpc) is 2.63. The van der Waals surface area contributed by atoms with Gasteiger partial charge in [-0.1, -0.05) is 0 Å². The Bertz CT molecular complexity index is 405. The Morgan fingerprint density at radius 2 is 2.50 bits per heavy atom. The van der Waals surface area contributed by atoms with E-state index in [0.717, 1.165) is 12.0 Å². The number of amides is 1. The quantitative estimate of drug-likeness (QED) is 0.699. The third-order valence-electron chi connectivity index (χ3n) is 2.65. The number of nitrogens with zero attached hydrogens (tertiary/aromatic N) is 1. The molecule has 0 saturated carbocycles. The van der Waals surface area contributed by atoms with Crippen molar-refractivity contribution in [1.82, 2.24) is 10.3 Å². The number of aryl methyl sites for hydroxylation is 1. The van der Waals surface area contributed by atoms with Crippen LogP contribution in [0.2, 0.25) is 0 Å². The molecule has 1 atom stereocenters. The van der Waals surface area contributed by atoms with E-state index in [-0.39, 0.29) is 11.9 Å². The summed E-state index contributed by atoms with van der Waals surface area (Å²) in [6.45, 7) is 2.62. The fourth-order valence-electron chi connectivity index (χ4n) is 1.79. The first-order valence-electron chi connectivity index (χ1n) is 5.40. The number of nitrogen functional groups attached to an aromatic ring is 1. The van der Waals surface area contributed by atoms with Crippen molar-refractivity contribution in [2.45, 2.75) is 25.8 Å². The van der Waals surface area contributed by atoms with E-state index in [1.165, 1.54) is 0 Å². The molecule has 5 nitrogen and oxygen atoms in total. The number of nitrogens with one attached hydrogen (secondary N) is 2. The van der Waals surface area contributed by atoms with Crippen LogP contribution in [0.5, 0.6) is 0 Å². The summed E-state index contributed by atoms with van der Waals surface area (Å²) in [6.07, 6.45) is 3.26. The highest BCUT2D eigenvalue weighted by Gasteiger charge is 2.20. The highest BCUT2D eigenvalue weighted by atomic mass is 16.1. The van der Waals surface area contributed by atoms with Crippen LogP contribution in [0.25, 0.3) is 0 Å². The summed E-state index contributed by atoms with van der Waals surface area (Å²) in [4.78, 5) is 15.2. The lowest BCUT2D eigenvalue weighted by molar-refractivity contribution is -0.119. The molecule has 1 aromatic rings. The van der Waals surface area contributed by atoms with Crippen LogP contribution >= 0.6 is 0 Å². The Hall–Kier alpha value is -1.78. The minimum atomic E-state index is 0.122. The third-order valence-corrected chi connectivity index (χ3v) is 2.65. The molecule has 86 valence electrons. The highest BCUT2D eigenvalue weighted by Crippen LogP contribution is 2.16. The molecule has 0 spiro atoms. The van der Waals surface area contributed by atoms with Gasteiger partial charge in [-0.2, -0.15) is 0 Å². The molecule has 0 aliphatic carbocycles. The van der Waals surface area contributed by atoms with Gasteiger partial charge in [0.2, 0.25) is 5.91 Å². The predicted octanol–water partition coefficient (Wildman–Crippen LogP) is 0.663. The number of carbonyl (C=O) groups excluding carboxylic acids is 1. The van der Waals surface area contributed by atoms with Crippen molar-refractivity contribution in [3.8, 4) is 0 Å². The summed E-state index contributed by atoms with van der Waals surface area (Å²) in [5, 5.41) is 6.04. The molecule has 4 N–H and O–H groups in total. The average molecular weight is 220 g/mol. The molecular formula is C11H16N4O. The molecule has 0 bridgehead atoms. The maximum Gasteiger partial charge on any atom is 0.220 e.